The number of carbonyl (C=O) groups is 1. The first kappa shape index (κ1) is 16.3. The van der Waals surface area contributed by atoms with E-state index in [1.54, 1.807) is 17.5 Å². The maximum atomic E-state index is 12.3. The summed E-state index contributed by atoms with van der Waals surface area (Å²) in [6.45, 7) is 3.99. The van der Waals surface area contributed by atoms with Crippen molar-refractivity contribution in [2.24, 2.45) is 0 Å². The van der Waals surface area contributed by atoms with Crippen LogP contribution in [0.3, 0.4) is 0 Å². The Morgan fingerprint density at radius 3 is 2.79 bits per heavy atom. The first-order valence-electron chi connectivity index (χ1n) is 7.83. The zero-order valence-electron chi connectivity index (χ0n) is 13.6. The minimum absolute atomic E-state index is 0.0552. The van der Waals surface area contributed by atoms with Crippen molar-refractivity contribution in [3.8, 4) is 5.69 Å². The van der Waals surface area contributed by atoms with Crippen LogP contribution in [0, 0.1) is 6.92 Å². The smallest absolute Gasteiger partial charge is 0.226 e. The van der Waals surface area contributed by atoms with Gasteiger partial charge in [0, 0.05) is 11.1 Å². The number of aryl methyl sites for hydroxylation is 1. The minimum atomic E-state index is -0.0742. The van der Waals surface area contributed by atoms with Gasteiger partial charge in [0.25, 0.3) is 0 Å². The Bertz CT molecular complexity index is 811. The van der Waals surface area contributed by atoms with Crippen molar-refractivity contribution in [1.82, 2.24) is 25.3 Å². The zero-order chi connectivity index (χ0) is 16.9. The summed E-state index contributed by atoms with van der Waals surface area (Å²) in [6.07, 6.45) is 2.63. The lowest BCUT2D eigenvalue weighted by Gasteiger charge is -2.13. The molecule has 1 amide bonds. The van der Waals surface area contributed by atoms with Crippen LogP contribution in [-0.4, -0.2) is 25.9 Å². The van der Waals surface area contributed by atoms with Gasteiger partial charge in [-0.3, -0.25) is 4.79 Å². The van der Waals surface area contributed by atoms with E-state index >= 15 is 0 Å². The average molecular weight is 341 g/mol. The lowest BCUT2D eigenvalue weighted by molar-refractivity contribution is -0.121. The molecule has 0 saturated heterocycles. The number of nitrogens with zero attached hydrogens (tertiary/aromatic N) is 4. The molecule has 1 aromatic carbocycles. The van der Waals surface area contributed by atoms with Gasteiger partial charge in [0.15, 0.2) is 0 Å². The number of amides is 1. The first-order chi connectivity index (χ1) is 11.7. The molecule has 0 spiro atoms. The number of hydrogen-bond donors (Lipinski definition) is 1. The van der Waals surface area contributed by atoms with Gasteiger partial charge >= 0.3 is 0 Å². The van der Waals surface area contributed by atoms with E-state index in [0.29, 0.717) is 5.69 Å². The predicted molar refractivity (Wildman–Crippen MR) is 93.1 cm³/mol. The van der Waals surface area contributed by atoms with E-state index in [9.17, 15) is 4.79 Å². The van der Waals surface area contributed by atoms with Crippen LogP contribution in [0.25, 0.3) is 5.69 Å². The van der Waals surface area contributed by atoms with Crippen molar-refractivity contribution in [2.45, 2.75) is 32.7 Å². The van der Waals surface area contributed by atoms with Crippen LogP contribution < -0.4 is 5.32 Å². The summed E-state index contributed by atoms with van der Waals surface area (Å²) in [5.74, 6) is -0.0742. The summed E-state index contributed by atoms with van der Waals surface area (Å²) in [7, 11) is 0. The molecular formula is C17H19N5OS. The number of nitrogens with one attached hydrogen (secondary N) is 1. The van der Waals surface area contributed by atoms with Crippen LogP contribution >= 0.6 is 11.3 Å². The van der Waals surface area contributed by atoms with Crippen molar-refractivity contribution in [1.29, 1.82) is 0 Å². The summed E-state index contributed by atoms with van der Waals surface area (Å²) >= 11 is 1.57. The lowest BCUT2D eigenvalue weighted by atomic mass is 10.2. The summed E-state index contributed by atoms with van der Waals surface area (Å²) in [4.78, 5) is 18.3. The van der Waals surface area contributed by atoms with Crippen LogP contribution in [0.2, 0.25) is 0 Å². The van der Waals surface area contributed by atoms with Gasteiger partial charge in [-0.15, -0.1) is 11.3 Å². The van der Waals surface area contributed by atoms with Gasteiger partial charge in [-0.25, -0.2) is 4.98 Å². The van der Waals surface area contributed by atoms with E-state index in [2.05, 4.69) is 20.5 Å². The predicted octanol–water partition coefficient (Wildman–Crippen LogP) is 2.84. The number of aromatic nitrogens is 4. The second-order valence-electron chi connectivity index (χ2n) is 5.49. The molecule has 6 nitrogen and oxygen atoms in total. The van der Waals surface area contributed by atoms with Crippen LogP contribution in [0.15, 0.2) is 41.9 Å². The molecule has 3 aromatic rings. The second-order valence-corrected chi connectivity index (χ2v) is 6.38. The number of carbonyl (C=O) groups excluding carboxylic acids is 1. The van der Waals surface area contributed by atoms with E-state index in [1.165, 1.54) is 4.80 Å². The average Bonchev–Trinajstić information content (AvgIpc) is 3.22. The second kappa shape index (κ2) is 7.35. The fraction of sp³-hybridized carbons (Fsp3) is 0.294. The quantitative estimate of drug-likeness (QED) is 0.748. The molecule has 1 N–H and O–H groups in total. The van der Waals surface area contributed by atoms with E-state index in [4.69, 9.17) is 0 Å². The van der Waals surface area contributed by atoms with Crippen molar-refractivity contribution >= 4 is 17.2 Å². The number of rotatable bonds is 6. The zero-order valence-corrected chi connectivity index (χ0v) is 14.5. The molecule has 3 rings (SSSR count). The molecule has 0 fully saturated rings. The summed E-state index contributed by atoms with van der Waals surface area (Å²) in [5, 5.41) is 14.5. The van der Waals surface area contributed by atoms with E-state index in [-0.39, 0.29) is 18.4 Å². The first-order valence-corrected chi connectivity index (χ1v) is 8.71. The fourth-order valence-corrected chi connectivity index (χ4v) is 3.27. The highest BCUT2D eigenvalue weighted by Crippen LogP contribution is 2.20. The molecule has 0 aliphatic carbocycles. The van der Waals surface area contributed by atoms with Crippen LogP contribution in [0.4, 0.5) is 0 Å². The molecule has 1 atom stereocenters. The molecule has 2 heterocycles. The van der Waals surface area contributed by atoms with Crippen molar-refractivity contribution in [3.63, 3.8) is 0 Å². The van der Waals surface area contributed by atoms with E-state index in [1.807, 2.05) is 49.6 Å². The van der Waals surface area contributed by atoms with Crippen LogP contribution in [0.5, 0.6) is 0 Å². The van der Waals surface area contributed by atoms with Gasteiger partial charge in [-0.05, 0) is 25.5 Å². The summed E-state index contributed by atoms with van der Waals surface area (Å²) < 4.78 is 0. The van der Waals surface area contributed by atoms with Gasteiger partial charge in [0.05, 0.1) is 30.0 Å². The number of benzene rings is 1. The number of hydrogen-bond acceptors (Lipinski definition) is 5. The fourth-order valence-electron chi connectivity index (χ4n) is 2.34. The topological polar surface area (TPSA) is 72.7 Å². The number of thiazole rings is 1. The Morgan fingerprint density at radius 2 is 2.12 bits per heavy atom. The molecule has 124 valence electrons. The van der Waals surface area contributed by atoms with Gasteiger partial charge in [0.2, 0.25) is 5.91 Å². The standard InChI is InChI=1S/C17H19N5OS/c1-3-15(17-19-12(2)11-24-17)20-16(23)9-13-10-18-22(21-13)14-7-5-4-6-8-14/h4-8,10-11,15H,3,9H2,1-2H3,(H,20,23). The molecule has 0 radical (unpaired) electrons. The largest absolute Gasteiger partial charge is 0.347 e. The molecule has 7 heteroatoms. The molecule has 2 aromatic heterocycles. The highest BCUT2D eigenvalue weighted by molar-refractivity contribution is 7.09. The maximum absolute atomic E-state index is 12.3. The Balaban J connectivity index is 1.63. The van der Waals surface area contributed by atoms with Crippen LogP contribution in [-0.2, 0) is 11.2 Å². The van der Waals surface area contributed by atoms with Gasteiger partial charge < -0.3 is 5.32 Å². The van der Waals surface area contributed by atoms with E-state index in [0.717, 1.165) is 22.8 Å². The maximum Gasteiger partial charge on any atom is 0.226 e. The van der Waals surface area contributed by atoms with Gasteiger partial charge in [0.1, 0.15) is 5.01 Å². The highest BCUT2D eigenvalue weighted by Gasteiger charge is 2.17. The monoisotopic (exact) mass is 341 g/mol. The molecule has 0 aliphatic rings. The highest BCUT2D eigenvalue weighted by atomic mass is 32.1. The normalized spacial score (nSPS) is 12.1. The van der Waals surface area contributed by atoms with Crippen LogP contribution in [0.1, 0.15) is 35.8 Å². The van der Waals surface area contributed by atoms with Crippen molar-refractivity contribution in [2.75, 3.05) is 0 Å². The van der Waals surface area contributed by atoms with E-state index < -0.39 is 0 Å². The SMILES string of the molecule is CCC(NC(=O)Cc1cnn(-c2ccccc2)n1)c1nc(C)cs1. The molecule has 0 saturated carbocycles. The Kier molecular flexibility index (Phi) is 5.00. The van der Waals surface area contributed by atoms with Gasteiger partial charge in [-0.2, -0.15) is 15.0 Å². The Hall–Kier alpha value is -2.54. The molecule has 0 bridgehead atoms. The summed E-state index contributed by atoms with van der Waals surface area (Å²) in [5.41, 5.74) is 2.49. The molecule has 24 heavy (non-hydrogen) atoms. The third kappa shape index (κ3) is 3.86. The number of para-hydroxylation sites is 1. The van der Waals surface area contributed by atoms with Gasteiger partial charge in [-0.1, -0.05) is 25.1 Å². The third-order valence-corrected chi connectivity index (χ3v) is 4.62. The minimum Gasteiger partial charge on any atom is -0.347 e. The van der Waals surface area contributed by atoms with Crippen molar-refractivity contribution < 1.29 is 4.79 Å². The molecule has 0 aliphatic heterocycles. The third-order valence-electron chi connectivity index (χ3n) is 3.55. The Labute approximate surface area is 144 Å². The summed E-state index contributed by atoms with van der Waals surface area (Å²) in [6, 6.07) is 9.57. The Morgan fingerprint density at radius 1 is 1.33 bits per heavy atom. The lowest BCUT2D eigenvalue weighted by Crippen LogP contribution is -2.29. The molecule has 1 unspecified atom stereocenters. The molecular weight excluding hydrogens is 322 g/mol. The van der Waals surface area contributed by atoms with Crippen molar-refractivity contribution in [3.05, 3.63) is 58.3 Å².